The highest BCUT2D eigenvalue weighted by Gasteiger charge is 2.12. The second-order valence-corrected chi connectivity index (χ2v) is 4.99. The molecule has 0 unspecified atom stereocenters. The van der Waals surface area contributed by atoms with Crippen LogP contribution in [0.5, 0.6) is 0 Å². The summed E-state index contributed by atoms with van der Waals surface area (Å²) in [4.78, 5) is 8.13. The molecule has 2 rings (SSSR count). The van der Waals surface area contributed by atoms with Gasteiger partial charge < -0.3 is 5.73 Å². The summed E-state index contributed by atoms with van der Waals surface area (Å²) >= 11 is 7.25. The van der Waals surface area contributed by atoms with Crippen LogP contribution in [-0.4, -0.2) is 19.7 Å². The SMILES string of the molecule is Cc1cc(Sc2nc(Cl)nc(C)c2N)n(C)n1. The van der Waals surface area contributed by atoms with E-state index in [0.717, 1.165) is 10.7 Å². The molecular formula is C10H12ClN5S. The molecule has 2 aromatic rings. The quantitative estimate of drug-likeness (QED) is 0.669. The van der Waals surface area contributed by atoms with Crippen molar-refractivity contribution in [3.63, 3.8) is 0 Å². The number of nitrogens with zero attached hydrogens (tertiary/aromatic N) is 4. The Morgan fingerprint density at radius 3 is 2.65 bits per heavy atom. The Bertz CT molecular complexity index is 566. The summed E-state index contributed by atoms with van der Waals surface area (Å²) < 4.78 is 1.78. The highest BCUT2D eigenvalue weighted by atomic mass is 35.5. The molecule has 0 fully saturated rings. The number of nitrogen functional groups attached to an aromatic ring is 1. The molecule has 0 aliphatic carbocycles. The summed E-state index contributed by atoms with van der Waals surface area (Å²) in [5.74, 6) is 0. The molecule has 2 N–H and O–H groups in total. The molecule has 2 aromatic heterocycles. The van der Waals surface area contributed by atoms with Crippen LogP contribution in [0, 0.1) is 13.8 Å². The van der Waals surface area contributed by atoms with Crippen molar-refractivity contribution >= 4 is 29.1 Å². The Kier molecular flexibility index (Phi) is 3.26. The van der Waals surface area contributed by atoms with Crippen LogP contribution in [0.3, 0.4) is 0 Å². The Balaban J connectivity index is 2.39. The maximum atomic E-state index is 5.92. The van der Waals surface area contributed by atoms with Crippen molar-refractivity contribution in [1.29, 1.82) is 0 Å². The lowest BCUT2D eigenvalue weighted by Gasteiger charge is -2.06. The summed E-state index contributed by atoms with van der Waals surface area (Å²) in [7, 11) is 1.88. The van der Waals surface area contributed by atoms with Gasteiger partial charge in [0.1, 0.15) is 10.1 Å². The van der Waals surface area contributed by atoms with Crippen LogP contribution in [0.4, 0.5) is 5.69 Å². The minimum absolute atomic E-state index is 0.207. The topological polar surface area (TPSA) is 69.6 Å². The molecule has 2 heterocycles. The van der Waals surface area contributed by atoms with Gasteiger partial charge in [0.15, 0.2) is 0 Å². The van der Waals surface area contributed by atoms with E-state index in [0.29, 0.717) is 16.4 Å². The van der Waals surface area contributed by atoms with Gasteiger partial charge in [0, 0.05) is 7.05 Å². The van der Waals surface area contributed by atoms with Gasteiger partial charge >= 0.3 is 0 Å². The van der Waals surface area contributed by atoms with Crippen molar-refractivity contribution in [1.82, 2.24) is 19.7 Å². The van der Waals surface area contributed by atoms with Crippen LogP contribution in [0.15, 0.2) is 16.1 Å². The number of hydrogen-bond acceptors (Lipinski definition) is 5. The fourth-order valence-electron chi connectivity index (χ4n) is 1.38. The maximum absolute atomic E-state index is 5.92. The second kappa shape index (κ2) is 4.54. The van der Waals surface area contributed by atoms with E-state index in [1.54, 1.807) is 11.6 Å². The minimum atomic E-state index is 0.207. The molecular weight excluding hydrogens is 258 g/mol. The molecule has 0 bridgehead atoms. The molecule has 0 atom stereocenters. The van der Waals surface area contributed by atoms with Crippen molar-refractivity contribution in [2.24, 2.45) is 7.05 Å². The van der Waals surface area contributed by atoms with Crippen LogP contribution in [0.2, 0.25) is 5.28 Å². The van der Waals surface area contributed by atoms with E-state index in [2.05, 4.69) is 15.1 Å². The third-order valence-electron chi connectivity index (χ3n) is 2.23. The molecule has 0 amide bonds. The highest BCUT2D eigenvalue weighted by Crippen LogP contribution is 2.32. The summed E-state index contributed by atoms with van der Waals surface area (Å²) in [6.07, 6.45) is 0. The van der Waals surface area contributed by atoms with Crippen LogP contribution < -0.4 is 5.73 Å². The summed E-state index contributed by atoms with van der Waals surface area (Å²) in [6.45, 7) is 3.74. The maximum Gasteiger partial charge on any atom is 0.223 e. The molecule has 5 nitrogen and oxygen atoms in total. The van der Waals surface area contributed by atoms with Crippen molar-refractivity contribution in [3.05, 3.63) is 22.7 Å². The fourth-order valence-corrected chi connectivity index (χ4v) is 2.63. The first-order valence-electron chi connectivity index (χ1n) is 4.95. The van der Waals surface area contributed by atoms with Gasteiger partial charge in [0.05, 0.1) is 17.1 Å². The smallest absolute Gasteiger partial charge is 0.223 e. The van der Waals surface area contributed by atoms with E-state index in [4.69, 9.17) is 17.3 Å². The highest BCUT2D eigenvalue weighted by molar-refractivity contribution is 7.99. The third kappa shape index (κ3) is 2.53. The first-order chi connectivity index (χ1) is 7.97. The lowest BCUT2D eigenvalue weighted by atomic mass is 10.4. The van der Waals surface area contributed by atoms with E-state index >= 15 is 0 Å². The van der Waals surface area contributed by atoms with Crippen LogP contribution >= 0.6 is 23.4 Å². The number of anilines is 1. The first kappa shape index (κ1) is 12.2. The van der Waals surface area contributed by atoms with Gasteiger partial charge in [-0.25, -0.2) is 9.97 Å². The van der Waals surface area contributed by atoms with Crippen LogP contribution in [0.25, 0.3) is 0 Å². The Morgan fingerprint density at radius 1 is 1.35 bits per heavy atom. The second-order valence-electron chi connectivity index (χ2n) is 3.65. The molecule has 7 heteroatoms. The molecule has 0 aliphatic rings. The Labute approximate surface area is 108 Å². The number of aromatic nitrogens is 4. The molecule has 0 saturated heterocycles. The largest absolute Gasteiger partial charge is 0.395 e. The zero-order valence-electron chi connectivity index (χ0n) is 9.73. The average molecular weight is 270 g/mol. The van der Waals surface area contributed by atoms with Gasteiger partial charge in [-0.1, -0.05) is 0 Å². The molecule has 0 aromatic carbocycles. The summed E-state index contributed by atoms with van der Waals surface area (Å²) in [5.41, 5.74) is 8.11. The lowest BCUT2D eigenvalue weighted by Crippen LogP contribution is -2.00. The summed E-state index contributed by atoms with van der Waals surface area (Å²) in [6, 6.07) is 1.97. The molecule has 0 radical (unpaired) electrons. The van der Waals surface area contributed by atoms with Crippen molar-refractivity contribution < 1.29 is 0 Å². The lowest BCUT2D eigenvalue weighted by molar-refractivity contribution is 0.692. The van der Waals surface area contributed by atoms with E-state index in [1.807, 2.05) is 20.0 Å². The van der Waals surface area contributed by atoms with Crippen LogP contribution in [0.1, 0.15) is 11.4 Å². The van der Waals surface area contributed by atoms with Gasteiger partial charge in [-0.05, 0) is 43.3 Å². The zero-order chi connectivity index (χ0) is 12.6. The van der Waals surface area contributed by atoms with Crippen LogP contribution in [-0.2, 0) is 7.05 Å². The first-order valence-corrected chi connectivity index (χ1v) is 6.15. The van der Waals surface area contributed by atoms with E-state index in [-0.39, 0.29) is 5.28 Å². The van der Waals surface area contributed by atoms with Crippen molar-refractivity contribution in [2.45, 2.75) is 23.9 Å². The van der Waals surface area contributed by atoms with Gasteiger partial charge in [-0.2, -0.15) is 5.10 Å². The summed E-state index contributed by atoms with van der Waals surface area (Å²) in [5, 5.41) is 6.09. The monoisotopic (exact) mass is 269 g/mol. The number of aryl methyl sites for hydroxylation is 3. The fraction of sp³-hybridized carbons (Fsp3) is 0.300. The van der Waals surface area contributed by atoms with Gasteiger partial charge in [0.2, 0.25) is 5.28 Å². The number of rotatable bonds is 2. The number of hydrogen-bond donors (Lipinski definition) is 1. The van der Waals surface area contributed by atoms with E-state index in [1.165, 1.54) is 11.8 Å². The Hall–Kier alpha value is -1.27. The third-order valence-corrected chi connectivity index (χ3v) is 3.50. The standard InChI is InChI=1S/C10H12ClN5S/c1-5-4-7(16(3)15-5)17-9-8(12)6(2)13-10(11)14-9/h4H,12H2,1-3H3. The van der Waals surface area contributed by atoms with Gasteiger partial charge in [0.25, 0.3) is 0 Å². The minimum Gasteiger partial charge on any atom is -0.395 e. The predicted molar refractivity (Wildman–Crippen MR) is 68.3 cm³/mol. The predicted octanol–water partition coefficient (Wildman–Crippen LogP) is 2.21. The number of halogens is 1. The van der Waals surface area contributed by atoms with E-state index < -0.39 is 0 Å². The number of nitrogens with two attached hydrogens (primary N) is 1. The molecule has 0 spiro atoms. The van der Waals surface area contributed by atoms with E-state index in [9.17, 15) is 0 Å². The van der Waals surface area contributed by atoms with Gasteiger partial charge in [-0.15, -0.1) is 0 Å². The molecule has 0 saturated carbocycles. The average Bonchev–Trinajstić information content (AvgIpc) is 2.53. The normalized spacial score (nSPS) is 10.8. The molecule has 17 heavy (non-hydrogen) atoms. The molecule has 0 aliphatic heterocycles. The van der Waals surface area contributed by atoms with Gasteiger partial charge in [-0.3, -0.25) is 4.68 Å². The van der Waals surface area contributed by atoms with Crippen molar-refractivity contribution in [3.8, 4) is 0 Å². The Morgan fingerprint density at radius 2 is 2.06 bits per heavy atom. The molecule has 90 valence electrons. The van der Waals surface area contributed by atoms with Crippen molar-refractivity contribution in [2.75, 3.05) is 5.73 Å². The zero-order valence-corrected chi connectivity index (χ0v) is 11.3.